The summed E-state index contributed by atoms with van der Waals surface area (Å²) in [6, 6.07) is 0. The zero-order valence-electron chi connectivity index (χ0n) is 9.57. The van der Waals surface area contributed by atoms with Crippen LogP contribution in [0.25, 0.3) is 0 Å². The standard InChI is InChI=1S/C10H18O7/c1-6(11)4-2-3-5-17-10(16)8(13)7(12)9(14)15/h6-8,11-13H,2-5H2,1H3,(H,14,15). The van der Waals surface area contributed by atoms with Crippen LogP contribution in [0.4, 0.5) is 0 Å². The second kappa shape index (κ2) is 7.99. The van der Waals surface area contributed by atoms with Crippen molar-refractivity contribution in [2.75, 3.05) is 6.61 Å². The number of rotatable bonds is 8. The van der Waals surface area contributed by atoms with Gasteiger partial charge in [0.05, 0.1) is 12.7 Å². The van der Waals surface area contributed by atoms with Crippen LogP contribution in [0.5, 0.6) is 0 Å². The summed E-state index contributed by atoms with van der Waals surface area (Å²) in [5.74, 6) is -2.86. The lowest BCUT2D eigenvalue weighted by Crippen LogP contribution is -2.40. The molecule has 0 saturated carbocycles. The number of hydrogen-bond acceptors (Lipinski definition) is 6. The molecule has 0 spiro atoms. The molecule has 0 heterocycles. The average Bonchev–Trinajstić information content (AvgIpc) is 2.25. The van der Waals surface area contributed by atoms with E-state index in [1.807, 2.05) is 0 Å². The fourth-order valence-electron chi connectivity index (χ4n) is 1.06. The molecule has 0 amide bonds. The summed E-state index contributed by atoms with van der Waals surface area (Å²) in [6.45, 7) is 1.65. The van der Waals surface area contributed by atoms with Crippen molar-refractivity contribution in [1.29, 1.82) is 0 Å². The summed E-state index contributed by atoms with van der Waals surface area (Å²) < 4.78 is 4.56. The van der Waals surface area contributed by atoms with Crippen molar-refractivity contribution < 1.29 is 34.8 Å². The molecule has 4 N–H and O–H groups in total. The number of hydrogen-bond donors (Lipinski definition) is 4. The Labute approximate surface area is 98.6 Å². The van der Waals surface area contributed by atoms with Gasteiger partial charge in [0.2, 0.25) is 0 Å². The minimum Gasteiger partial charge on any atom is -0.479 e. The van der Waals surface area contributed by atoms with Crippen molar-refractivity contribution in [2.45, 2.75) is 44.5 Å². The number of aliphatic carboxylic acids is 1. The van der Waals surface area contributed by atoms with E-state index in [9.17, 15) is 9.59 Å². The van der Waals surface area contributed by atoms with E-state index >= 15 is 0 Å². The summed E-state index contributed by atoms with van der Waals surface area (Å²) in [5, 5.41) is 35.2. The van der Waals surface area contributed by atoms with Crippen LogP contribution in [0, 0.1) is 0 Å². The van der Waals surface area contributed by atoms with Gasteiger partial charge in [-0.25, -0.2) is 9.59 Å². The van der Waals surface area contributed by atoms with E-state index in [2.05, 4.69) is 4.74 Å². The minimum atomic E-state index is -2.18. The number of carbonyl (C=O) groups is 2. The Kier molecular flexibility index (Phi) is 7.44. The molecule has 0 saturated heterocycles. The van der Waals surface area contributed by atoms with Gasteiger partial charge in [-0.05, 0) is 26.2 Å². The monoisotopic (exact) mass is 250 g/mol. The zero-order valence-corrected chi connectivity index (χ0v) is 9.57. The van der Waals surface area contributed by atoms with Crippen LogP contribution in [0.15, 0.2) is 0 Å². The first kappa shape index (κ1) is 15.8. The Balaban J connectivity index is 3.75. The Morgan fingerprint density at radius 2 is 1.71 bits per heavy atom. The number of ether oxygens (including phenoxy) is 1. The number of carboxylic acid groups (broad SMARTS) is 1. The van der Waals surface area contributed by atoms with Crippen LogP contribution in [-0.4, -0.2) is 57.3 Å². The second-order valence-corrected chi connectivity index (χ2v) is 3.74. The van der Waals surface area contributed by atoms with Gasteiger partial charge in [0.1, 0.15) is 0 Å². The molecular formula is C10H18O7. The van der Waals surface area contributed by atoms with Gasteiger partial charge in [-0.3, -0.25) is 0 Å². The molecule has 0 aromatic heterocycles. The van der Waals surface area contributed by atoms with Crippen LogP contribution in [0.2, 0.25) is 0 Å². The maximum Gasteiger partial charge on any atom is 0.338 e. The maximum atomic E-state index is 11.0. The number of aliphatic hydroxyl groups excluding tert-OH is 3. The van der Waals surface area contributed by atoms with Gasteiger partial charge in [-0.15, -0.1) is 0 Å². The Morgan fingerprint density at radius 1 is 1.12 bits per heavy atom. The highest BCUT2D eigenvalue weighted by Crippen LogP contribution is 2.02. The van der Waals surface area contributed by atoms with E-state index in [1.54, 1.807) is 6.92 Å². The first-order valence-corrected chi connectivity index (χ1v) is 5.30. The van der Waals surface area contributed by atoms with Crippen molar-refractivity contribution in [1.82, 2.24) is 0 Å². The van der Waals surface area contributed by atoms with Gasteiger partial charge in [-0.2, -0.15) is 0 Å². The van der Waals surface area contributed by atoms with Crippen LogP contribution < -0.4 is 0 Å². The summed E-state index contributed by atoms with van der Waals surface area (Å²) in [4.78, 5) is 21.3. The molecule has 0 radical (unpaired) electrons. The van der Waals surface area contributed by atoms with Gasteiger partial charge >= 0.3 is 11.9 Å². The molecule has 0 rings (SSSR count). The normalized spacial score (nSPS) is 16.0. The van der Waals surface area contributed by atoms with Gasteiger partial charge in [0.15, 0.2) is 12.2 Å². The average molecular weight is 250 g/mol. The quantitative estimate of drug-likeness (QED) is 0.318. The maximum absolute atomic E-state index is 11.0. The van der Waals surface area contributed by atoms with Gasteiger partial charge in [-0.1, -0.05) is 0 Å². The third-order valence-corrected chi connectivity index (χ3v) is 2.05. The lowest BCUT2D eigenvalue weighted by molar-refractivity contribution is -0.169. The van der Waals surface area contributed by atoms with E-state index in [-0.39, 0.29) is 6.61 Å². The fraction of sp³-hybridized carbons (Fsp3) is 0.800. The van der Waals surface area contributed by atoms with Crippen molar-refractivity contribution >= 4 is 11.9 Å². The molecule has 0 aliphatic rings. The number of unbranched alkanes of at least 4 members (excludes halogenated alkanes) is 1. The SMILES string of the molecule is CC(O)CCCCOC(=O)C(O)C(O)C(=O)O. The Hall–Kier alpha value is -1.18. The van der Waals surface area contributed by atoms with Gasteiger partial charge in [0.25, 0.3) is 0 Å². The predicted molar refractivity (Wildman–Crippen MR) is 56.1 cm³/mol. The molecule has 0 bridgehead atoms. The molecule has 7 nitrogen and oxygen atoms in total. The Morgan fingerprint density at radius 3 is 2.18 bits per heavy atom. The van der Waals surface area contributed by atoms with E-state index < -0.39 is 30.3 Å². The number of carboxylic acids is 1. The lowest BCUT2D eigenvalue weighted by atomic mass is 10.2. The van der Waals surface area contributed by atoms with Gasteiger partial charge in [0, 0.05) is 0 Å². The second-order valence-electron chi connectivity index (χ2n) is 3.74. The highest BCUT2D eigenvalue weighted by atomic mass is 16.5. The number of carbonyl (C=O) groups excluding carboxylic acids is 1. The molecule has 100 valence electrons. The number of esters is 1. The minimum absolute atomic E-state index is 0.00888. The zero-order chi connectivity index (χ0) is 13.4. The van der Waals surface area contributed by atoms with Crippen LogP contribution in [0.3, 0.4) is 0 Å². The molecule has 0 aliphatic heterocycles. The van der Waals surface area contributed by atoms with Crippen LogP contribution >= 0.6 is 0 Å². The van der Waals surface area contributed by atoms with Crippen molar-refractivity contribution in [2.24, 2.45) is 0 Å². The molecule has 0 aliphatic carbocycles. The van der Waals surface area contributed by atoms with Gasteiger partial charge < -0.3 is 25.2 Å². The van der Waals surface area contributed by atoms with Crippen molar-refractivity contribution in [3.8, 4) is 0 Å². The molecule has 3 unspecified atom stereocenters. The molecule has 7 heteroatoms. The molecule has 17 heavy (non-hydrogen) atoms. The largest absolute Gasteiger partial charge is 0.479 e. The third-order valence-electron chi connectivity index (χ3n) is 2.05. The van der Waals surface area contributed by atoms with E-state index in [0.717, 1.165) is 0 Å². The highest BCUT2D eigenvalue weighted by molar-refractivity contribution is 5.84. The first-order chi connectivity index (χ1) is 7.86. The lowest BCUT2D eigenvalue weighted by Gasteiger charge is -2.13. The number of aliphatic hydroxyl groups is 3. The first-order valence-electron chi connectivity index (χ1n) is 5.30. The molecule has 0 aromatic carbocycles. The van der Waals surface area contributed by atoms with E-state index in [4.69, 9.17) is 20.4 Å². The summed E-state index contributed by atoms with van der Waals surface area (Å²) >= 11 is 0. The van der Waals surface area contributed by atoms with E-state index in [0.29, 0.717) is 19.3 Å². The molecule has 0 fully saturated rings. The summed E-state index contributed by atoms with van der Waals surface area (Å²) in [6.07, 6.45) is -2.98. The molecule has 0 aromatic rings. The third kappa shape index (κ3) is 6.88. The topological polar surface area (TPSA) is 124 Å². The predicted octanol–water partition coefficient (Wildman–Crippen LogP) is -1.11. The smallest absolute Gasteiger partial charge is 0.338 e. The van der Waals surface area contributed by atoms with Crippen molar-refractivity contribution in [3.63, 3.8) is 0 Å². The van der Waals surface area contributed by atoms with E-state index in [1.165, 1.54) is 0 Å². The van der Waals surface area contributed by atoms with Crippen LogP contribution in [-0.2, 0) is 14.3 Å². The van der Waals surface area contributed by atoms with Crippen molar-refractivity contribution in [3.05, 3.63) is 0 Å². The highest BCUT2D eigenvalue weighted by Gasteiger charge is 2.31. The van der Waals surface area contributed by atoms with Crippen LogP contribution in [0.1, 0.15) is 26.2 Å². The Bertz CT molecular complexity index is 251. The summed E-state index contributed by atoms with van der Waals surface area (Å²) in [7, 11) is 0. The molecular weight excluding hydrogens is 232 g/mol. The summed E-state index contributed by atoms with van der Waals surface area (Å²) in [5.41, 5.74) is 0. The molecule has 3 atom stereocenters. The fourth-order valence-corrected chi connectivity index (χ4v) is 1.06.